The number of rotatable bonds is 3. The standard InChI is InChI=1S/C8H5NO5/c10-3-4-1-2-9-6(8(13)14)5(4)7(11)12/h1-3H,(H,11,12)(H,13,14). The van der Waals surface area contributed by atoms with Gasteiger partial charge in [-0.3, -0.25) is 4.79 Å². The van der Waals surface area contributed by atoms with E-state index in [0.29, 0.717) is 0 Å². The molecule has 1 aromatic heterocycles. The molecule has 1 rings (SSSR count). The summed E-state index contributed by atoms with van der Waals surface area (Å²) in [4.78, 5) is 35.0. The summed E-state index contributed by atoms with van der Waals surface area (Å²) in [7, 11) is 0. The highest BCUT2D eigenvalue weighted by molar-refractivity contribution is 6.05. The highest BCUT2D eigenvalue weighted by Gasteiger charge is 2.20. The van der Waals surface area contributed by atoms with Gasteiger partial charge < -0.3 is 10.2 Å². The van der Waals surface area contributed by atoms with Crippen LogP contribution >= 0.6 is 0 Å². The van der Waals surface area contributed by atoms with Crippen LogP contribution in [0.5, 0.6) is 0 Å². The van der Waals surface area contributed by atoms with Crippen LogP contribution in [-0.4, -0.2) is 33.4 Å². The molecule has 0 aliphatic heterocycles. The molecule has 0 bridgehead atoms. The summed E-state index contributed by atoms with van der Waals surface area (Å²) in [5.74, 6) is -2.97. The number of aldehydes is 1. The lowest BCUT2D eigenvalue weighted by molar-refractivity contribution is 0.0645. The number of carboxylic acid groups (broad SMARTS) is 2. The maximum absolute atomic E-state index is 10.6. The number of aromatic carboxylic acids is 2. The number of carbonyl (C=O) groups excluding carboxylic acids is 1. The predicted octanol–water partition coefficient (Wildman–Crippen LogP) is 0.290. The van der Waals surface area contributed by atoms with E-state index in [1.165, 1.54) is 0 Å². The van der Waals surface area contributed by atoms with Crippen LogP contribution in [0.1, 0.15) is 31.2 Å². The predicted molar refractivity (Wildman–Crippen MR) is 43.5 cm³/mol. The van der Waals surface area contributed by atoms with E-state index in [1.54, 1.807) is 0 Å². The van der Waals surface area contributed by atoms with Crippen LogP contribution in [0.3, 0.4) is 0 Å². The molecule has 6 heteroatoms. The molecule has 0 atom stereocenters. The van der Waals surface area contributed by atoms with Crippen molar-refractivity contribution in [3.05, 3.63) is 29.1 Å². The van der Waals surface area contributed by atoms with Crippen LogP contribution in [0.4, 0.5) is 0 Å². The number of hydrogen-bond acceptors (Lipinski definition) is 4. The summed E-state index contributed by atoms with van der Waals surface area (Å²) in [5.41, 5.74) is -1.43. The fourth-order valence-corrected chi connectivity index (χ4v) is 0.962. The lowest BCUT2D eigenvalue weighted by Crippen LogP contribution is -2.13. The number of pyridine rings is 1. The van der Waals surface area contributed by atoms with Gasteiger partial charge in [0.05, 0.1) is 0 Å². The van der Waals surface area contributed by atoms with E-state index in [0.717, 1.165) is 12.3 Å². The van der Waals surface area contributed by atoms with Gasteiger partial charge in [0, 0.05) is 11.8 Å². The van der Waals surface area contributed by atoms with E-state index in [-0.39, 0.29) is 11.8 Å². The van der Waals surface area contributed by atoms with Gasteiger partial charge in [0.25, 0.3) is 0 Å². The molecule has 0 fully saturated rings. The average Bonchev–Trinajstić information content (AvgIpc) is 2.16. The third-order valence-corrected chi connectivity index (χ3v) is 1.53. The van der Waals surface area contributed by atoms with Crippen LogP contribution in [0.25, 0.3) is 0 Å². The first-order valence-corrected chi connectivity index (χ1v) is 3.48. The molecule has 0 aliphatic carbocycles. The Kier molecular flexibility index (Phi) is 2.57. The normalized spacial score (nSPS) is 9.43. The van der Waals surface area contributed by atoms with Gasteiger partial charge in [0.15, 0.2) is 12.0 Å². The molecular weight excluding hydrogens is 190 g/mol. The highest BCUT2D eigenvalue weighted by atomic mass is 16.4. The fraction of sp³-hybridized carbons (Fsp3) is 0. The Hall–Kier alpha value is -2.24. The quantitative estimate of drug-likeness (QED) is 0.671. The topological polar surface area (TPSA) is 105 Å². The third-order valence-electron chi connectivity index (χ3n) is 1.53. The molecule has 0 spiro atoms. The first kappa shape index (κ1) is 9.85. The first-order chi connectivity index (χ1) is 6.57. The first-order valence-electron chi connectivity index (χ1n) is 3.48. The van der Waals surface area contributed by atoms with E-state index < -0.39 is 23.2 Å². The van der Waals surface area contributed by atoms with Gasteiger partial charge in [0.1, 0.15) is 5.56 Å². The van der Waals surface area contributed by atoms with Crippen LogP contribution in [0.2, 0.25) is 0 Å². The molecule has 72 valence electrons. The van der Waals surface area contributed by atoms with Gasteiger partial charge in [-0.1, -0.05) is 0 Å². The number of hydrogen-bond donors (Lipinski definition) is 2. The average molecular weight is 195 g/mol. The Bertz CT molecular complexity index is 412. The van der Waals surface area contributed by atoms with Crippen molar-refractivity contribution in [2.45, 2.75) is 0 Å². The lowest BCUT2D eigenvalue weighted by atomic mass is 10.1. The molecular formula is C8H5NO5. The monoisotopic (exact) mass is 195 g/mol. The largest absolute Gasteiger partial charge is 0.478 e. The summed E-state index contributed by atoms with van der Waals surface area (Å²) in [6.45, 7) is 0. The van der Waals surface area contributed by atoms with E-state index in [9.17, 15) is 14.4 Å². The van der Waals surface area contributed by atoms with Crippen molar-refractivity contribution in [1.82, 2.24) is 4.98 Å². The molecule has 0 amide bonds. The molecule has 0 aliphatic rings. The van der Waals surface area contributed by atoms with Crippen molar-refractivity contribution < 1.29 is 24.6 Å². The second-order valence-corrected chi connectivity index (χ2v) is 2.35. The zero-order chi connectivity index (χ0) is 10.7. The Balaban J connectivity index is 3.51. The molecule has 6 nitrogen and oxygen atoms in total. The second-order valence-electron chi connectivity index (χ2n) is 2.35. The van der Waals surface area contributed by atoms with Crippen molar-refractivity contribution in [3.8, 4) is 0 Å². The maximum Gasteiger partial charge on any atom is 0.355 e. The Labute approximate surface area is 77.8 Å². The highest BCUT2D eigenvalue weighted by Crippen LogP contribution is 2.10. The molecule has 0 saturated heterocycles. The molecule has 1 aromatic rings. The summed E-state index contributed by atoms with van der Waals surface area (Å²) >= 11 is 0. The maximum atomic E-state index is 10.6. The Morgan fingerprint density at radius 2 is 1.93 bits per heavy atom. The molecule has 0 unspecified atom stereocenters. The summed E-state index contributed by atoms with van der Waals surface area (Å²) in [5, 5.41) is 17.3. The smallest absolute Gasteiger partial charge is 0.355 e. The zero-order valence-electron chi connectivity index (χ0n) is 6.80. The molecule has 14 heavy (non-hydrogen) atoms. The summed E-state index contributed by atoms with van der Waals surface area (Å²) in [6.07, 6.45) is 1.34. The van der Waals surface area contributed by atoms with E-state index in [4.69, 9.17) is 10.2 Å². The van der Waals surface area contributed by atoms with Crippen molar-refractivity contribution in [3.63, 3.8) is 0 Å². The van der Waals surface area contributed by atoms with E-state index in [2.05, 4.69) is 4.98 Å². The van der Waals surface area contributed by atoms with Gasteiger partial charge in [0.2, 0.25) is 0 Å². The Morgan fingerprint density at radius 3 is 2.36 bits per heavy atom. The van der Waals surface area contributed by atoms with Crippen LogP contribution in [0, 0.1) is 0 Å². The second kappa shape index (κ2) is 3.65. The number of aromatic nitrogens is 1. The molecule has 2 N–H and O–H groups in total. The molecule has 0 radical (unpaired) electrons. The van der Waals surface area contributed by atoms with Gasteiger partial charge >= 0.3 is 11.9 Å². The van der Waals surface area contributed by atoms with E-state index in [1.807, 2.05) is 0 Å². The van der Waals surface area contributed by atoms with Crippen LogP contribution in [-0.2, 0) is 0 Å². The fourth-order valence-electron chi connectivity index (χ4n) is 0.962. The summed E-state index contributed by atoms with van der Waals surface area (Å²) < 4.78 is 0. The molecule has 0 aromatic carbocycles. The van der Waals surface area contributed by atoms with Gasteiger partial charge in [-0.15, -0.1) is 0 Å². The van der Waals surface area contributed by atoms with Crippen LogP contribution in [0.15, 0.2) is 12.3 Å². The number of carboxylic acids is 2. The Morgan fingerprint density at radius 1 is 1.29 bits per heavy atom. The zero-order valence-corrected chi connectivity index (χ0v) is 6.80. The number of nitrogens with zero attached hydrogens (tertiary/aromatic N) is 1. The summed E-state index contributed by atoms with van der Waals surface area (Å²) in [6, 6.07) is 1.14. The minimum absolute atomic E-state index is 0.204. The van der Waals surface area contributed by atoms with Crippen molar-refractivity contribution in [2.75, 3.05) is 0 Å². The van der Waals surface area contributed by atoms with Crippen LogP contribution < -0.4 is 0 Å². The van der Waals surface area contributed by atoms with Crippen molar-refractivity contribution in [1.29, 1.82) is 0 Å². The third kappa shape index (κ3) is 1.58. The van der Waals surface area contributed by atoms with Gasteiger partial charge in [-0.05, 0) is 6.07 Å². The van der Waals surface area contributed by atoms with Crippen molar-refractivity contribution in [2.24, 2.45) is 0 Å². The van der Waals surface area contributed by atoms with Gasteiger partial charge in [-0.2, -0.15) is 0 Å². The van der Waals surface area contributed by atoms with Gasteiger partial charge in [-0.25, -0.2) is 14.6 Å². The minimum Gasteiger partial charge on any atom is -0.478 e. The number of carbonyl (C=O) groups is 3. The SMILES string of the molecule is O=Cc1ccnc(C(=O)O)c1C(=O)O. The molecule has 1 heterocycles. The lowest BCUT2D eigenvalue weighted by Gasteiger charge is -2.01. The minimum atomic E-state index is -1.49. The van der Waals surface area contributed by atoms with E-state index >= 15 is 0 Å². The molecule has 0 saturated carbocycles. The van der Waals surface area contributed by atoms with Crippen molar-refractivity contribution >= 4 is 18.2 Å².